The molecule has 0 radical (unpaired) electrons. The average molecular weight is 311 g/mol. The molecule has 0 heterocycles. The number of methoxy groups -OCH3 is 1. The number of hydrogen-bond acceptors (Lipinski definition) is 3. The summed E-state index contributed by atoms with van der Waals surface area (Å²) < 4.78 is 44.0. The molecule has 118 valence electrons. The molecule has 0 aliphatic rings. The third-order valence-corrected chi connectivity index (χ3v) is 3.42. The molecule has 2 aromatic carbocycles. The highest BCUT2D eigenvalue weighted by atomic mass is 19.4. The maximum Gasteiger partial charge on any atom is 0.419 e. The molecule has 0 aromatic heterocycles. The van der Waals surface area contributed by atoms with Gasteiger partial charge in [-0.25, -0.2) is 5.90 Å². The van der Waals surface area contributed by atoms with Crippen molar-refractivity contribution in [2.75, 3.05) is 7.11 Å². The predicted octanol–water partition coefficient (Wildman–Crippen LogP) is 4.08. The molecule has 0 amide bonds. The summed E-state index contributed by atoms with van der Waals surface area (Å²) in [5.41, 5.74) is 2.14. The van der Waals surface area contributed by atoms with Crippen LogP contribution in [0.4, 0.5) is 13.2 Å². The van der Waals surface area contributed by atoms with E-state index in [9.17, 15) is 13.2 Å². The highest BCUT2D eigenvalue weighted by Crippen LogP contribution is 2.38. The average Bonchev–Trinajstić information content (AvgIpc) is 2.48. The molecule has 0 aliphatic carbocycles. The van der Waals surface area contributed by atoms with Gasteiger partial charge < -0.3 is 4.74 Å². The Hall–Kier alpha value is -2.05. The van der Waals surface area contributed by atoms with Crippen LogP contribution in [0.1, 0.15) is 16.7 Å². The van der Waals surface area contributed by atoms with Crippen molar-refractivity contribution in [1.29, 1.82) is 0 Å². The fraction of sp³-hybridized carbons (Fsp3) is 0.250. The Morgan fingerprint density at radius 2 is 1.68 bits per heavy atom. The molecular formula is C16H16F3NO2. The number of aryl methyl sites for hydroxylation is 1. The summed E-state index contributed by atoms with van der Waals surface area (Å²) in [5, 5.41) is 0. The Balaban J connectivity index is 2.47. The van der Waals surface area contributed by atoms with Crippen LogP contribution in [0.5, 0.6) is 5.75 Å². The Labute approximate surface area is 126 Å². The molecule has 2 aromatic rings. The van der Waals surface area contributed by atoms with E-state index in [0.717, 1.165) is 17.2 Å². The van der Waals surface area contributed by atoms with Crippen LogP contribution in [-0.2, 0) is 17.6 Å². The van der Waals surface area contributed by atoms with Crippen molar-refractivity contribution in [2.45, 2.75) is 19.7 Å². The van der Waals surface area contributed by atoms with E-state index in [1.54, 1.807) is 24.3 Å². The summed E-state index contributed by atoms with van der Waals surface area (Å²) in [6, 6.07) is 9.34. The van der Waals surface area contributed by atoms with Crippen LogP contribution in [0.15, 0.2) is 36.4 Å². The lowest BCUT2D eigenvalue weighted by molar-refractivity contribution is -0.138. The molecule has 0 spiro atoms. The number of halogens is 3. The van der Waals surface area contributed by atoms with Gasteiger partial charge in [-0.05, 0) is 41.3 Å². The summed E-state index contributed by atoms with van der Waals surface area (Å²) in [6.07, 6.45) is -4.47. The maximum atomic E-state index is 13.1. The van der Waals surface area contributed by atoms with Crippen LogP contribution in [0.2, 0.25) is 0 Å². The zero-order chi connectivity index (χ0) is 16.3. The van der Waals surface area contributed by atoms with Gasteiger partial charge in [0.15, 0.2) is 0 Å². The monoisotopic (exact) mass is 311 g/mol. The third-order valence-electron chi connectivity index (χ3n) is 3.42. The fourth-order valence-corrected chi connectivity index (χ4v) is 2.24. The number of nitrogens with two attached hydrogens (primary N) is 1. The van der Waals surface area contributed by atoms with Gasteiger partial charge in [-0.15, -0.1) is 0 Å². The SMILES string of the molecule is COc1ccc(-c2ccc(CON)c(C)c2)cc1C(F)(F)F. The van der Waals surface area contributed by atoms with E-state index in [4.69, 9.17) is 10.6 Å². The Morgan fingerprint density at radius 3 is 2.23 bits per heavy atom. The molecule has 0 bridgehead atoms. The van der Waals surface area contributed by atoms with E-state index in [0.29, 0.717) is 11.1 Å². The molecule has 3 nitrogen and oxygen atoms in total. The second-order valence-electron chi connectivity index (χ2n) is 4.87. The lowest BCUT2D eigenvalue weighted by Gasteiger charge is -2.14. The van der Waals surface area contributed by atoms with Crippen LogP contribution in [-0.4, -0.2) is 7.11 Å². The number of rotatable bonds is 4. The molecule has 0 saturated heterocycles. The highest BCUT2D eigenvalue weighted by molar-refractivity contribution is 5.67. The van der Waals surface area contributed by atoms with Gasteiger partial charge >= 0.3 is 6.18 Å². The molecule has 0 aliphatic heterocycles. The lowest BCUT2D eigenvalue weighted by Crippen LogP contribution is -2.07. The highest BCUT2D eigenvalue weighted by Gasteiger charge is 2.34. The van der Waals surface area contributed by atoms with E-state index >= 15 is 0 Å². The second-order valence-corrected chi connectivity index (χ2v) is 4.87. The van der Waals surface area contributed by atoms with Gasteiger partial charge in [-0.1, -0.05) is 24.3 Å². The van der Waals surface area contributed by atoms with Crippen LogP contribution in [0, 0.1) is 6.92 Å². The van der Waals surface area contributed by atoms with Crippen molar-refractivity contribution in [3.05, 3.63) is 53.1 Å². The van der Waals surface area contributed by atoms with Crippen molar-refractivity contribution in [2.24, 2.45) is 5.90 Å². The van der Waals surface area contributed by atoms with E-state index in [-0.39, 0.29) is 12.4 Å². The summed E-state index contributed by atoms with van der Waals surface area (Å²) in [5.74, 6) is 4.85. The summed E-state index contributed by atoms with van der Waals surface area (Å²) in [6.45, 7) is 2.11. The van der Waals surface area contributed by atoms with E-state index < -0.39 is 11.7 Å². The third kappa shape index (κ3) is 3.40. The van der Waals surface area contributed by atoms with Gasteiger partial charge in [0.05, 0.1) is 19.3 Å². The van der Waals surface area contributed by atoms with Gasteiger partial charge in [0.25, 0.3) is 0 Å². The molecular weight excluding hydrogens is 295 g/mol. The van der Waals surface area contributed by atoms with Crippen molar-refractivity contribution >= 4 is 0 Å². The largest absolute Gasteiger partial charge is 0.496 e. The standard InChI is InChI=1S/C16H16F3NO2/c1-10-7-11(3-4-13(10)9-22-20)12-5-6-15(21-2)14(8-12)16(17,18)19/h3-8H,9,20H2,1-2H3. The van der Waals surface area contributed by atoms with E-state index in [1.807, 2.05) is 6.92 Å². The van der Waals surface area contributed by atoms with Gasteiger partial charge in [0.2, 0.25) is 0 Å². The number of hydrogen-bond donors (Lipinski definition) is 1. The fourth-order valence-electron chi connectivity index (χ4n) is 2.24. The quantitative estimate of drug-likeness (QED) is 0.865. The predicted molar refractivity (Wildman–Crippen MR) is 77.1 cm³/mol. The first-order valence-electron chi connectivity index (χ1n) is 6.53. The number of alkyl halides is 3. The number of ether oxygens (including phenoxy) is 1. The van der Waals surface area contributed by atoms with Crippen LogP contribution in [0.3, 0.4) is 0 Å². The molecule has 0 unspecified atom stereocenters. The number of benzene rings is 2. The minimum atomic E-state index is -4.47. The normalized spacial score (nSPS) is 11.5. The zero-order valence-electron chi connectivity index (χ0n) is 12.2. The Morgan fingerprint density at radius 1 is 1.05 bits per heavy atom. The van der Waals surface area contributed by atoms with Crippen molar-refractivity contribution < 1.29 is 22.7 Å². The molecule has 0 fully saturated rings. The first kappa shape index (κ1) is 16.3. The van der Waals surface area contributed by atoms with Crippen LogP contribution in [0.25, 0.3) is 11.1 Å². The smallest absolute Gasteiger partial charge is 0.419 e. The van der Waals surface area contributed by atoms with Crippen LogP contribution >= 0.6 is 0 Å². The molecule has 2 rings (SSSR count). The zero-order valence-corrected chi connectivity index (χ0v) is 12.2. The molecule has 22 heavy (non-hydrogen) atoms. The van der Waals surface area contributed by atoms with E-state index in [1.165, 1.54) is 13.2 Å². The molecule has 2 N–H and O–H groups in total. The van der Waals surface area contributed by atoms with Crippen molar-refractivity contribution in [3.8, 4) is 16.9 Å². The van der Waals surface area contributed by atoms with Gasteiger partial charge in [-0.2, -0.15) is 13.2 Å². The first-order chi connectivity index (χ1) is 10.4. The topological polar surface area (TPSA) is 44.5 Å². The van der Waals surface area contributed by atoms with Crippen LogP contribution < -0.4 is 10.6 Å². The molecule has 0 saturated carbocycles. The molecule has 0 atom stereocenters. The summed E-state index contributed by atoms with van der Waals surface area (Å²) >= 11 is 0. The Bertz CT molecular complexity index is 669. The van der Waals surface area contributed by atoms with Crippen molar-refractivity contribution in [1.82, 2.24) is 0 Å². The minimum absolute atomic E-state index is 0.193. The maximum absolute atomic E-state index is 13.1. The lowest BCUT2D eigenvalue weighted by atomic mass is 9.98. The van der Waals surface area contributed by atoms with Gasteiger partial charge in [0.1, 0.15) is 5.75 Å². The van der Waals surface area contributed by atoms with Gasteiger partial charge in [0, 0.05) is 0 Å². The van der Waals surface area contributed by atoms with Crippen molar-refractivity contribution in [3.63, 3.8) is 0 Å². The summed E-state index contributed by atoms with van der Waals surface area (Å²) in [7, 11) is 1.22. The first-order valence-corrected chi connectivity index (χ1v) is 6.53. The Kier molecular flexibility index (Phi) is 4.73. The molecule has 6 heteroatoms. The summed E-state index contributed by atoms with van der Waals surface area (Å²) in [4.78, 5) is 4.58. The van der Waals surface area contributed by atoms with E-state index in [2.05, 4.69) is 4.84 Å². The minimum Gasteiger partial charge on any atom is -0.496 e. The van der Waals surface area contributed by atoms with Gasteiger partial charge in [-0.3, -0.25) is 4.84 Å². The second kappa shape index (κ2) is 6.37.